The summed E-state index contributed by atoms with van der Waals surface area (Å²) in [5, 5.41) is 2.63. The first-order valence-electron chi connectivity index (χ1n) is 7.60. The Labute approximate surface area is 137 Å². The van der Waals surface area contributed by atoms with Crippen LogP contribution in [-0.4, -0.2) is 0 Å². The number of hydrogen-bond donors (Lipinski definition) is 0. The molecule has 0 saturated heterocycles. The normalized spacial score (nSPS) is 10.9. The fourth-order valence-corrected chi connectivity index (χ4v) is 3.09. The molecule has 0 radical (unpaired) electrons. The third-order valence-corrected chi connectivity index (χ3v) is 4.54. The Morgan fingerprint density at radius 1 is 0.773 bits per heavy atom. The molecule has 3 heteroatoms. The first kappa shape index (κ1) is 15.5. The van der Waals surface area contributed by atoms with Gasteiger partial charge in [-0.05, 0) is 70.9 Å². The van der Waals surface area contributed by atoms with E-state index in [1.165, 1.54) is 33.9 Å². The number of nitrogens with zero attached hydrogens (tertiary/aromatic N) is 1. The summed E-state index contributed by atoms with van der Waals surface area (Å²) in [6.07, 6.45) is 2.35. The van der Waals surface area contributed by atoms with Gasteiger partial charge in [-0.25, -0.2) is 0 Å². The van der Waals surface area contributed by atoms with Crippen molar-refractivity contribution in [2.45, 2.75) is 19.8 Å². The van der Waals surface area contributed by atoms with Crippen molar-refractivity contribution in [3.63, 3.8) is 0 Å². The van der Waals surface area contributed by atoms with E-state index in [1.807, 2.05) is 4.44 Å². The second kappa shape index (κ2) is 6.78. The Bertz CT molecular complexity index is 779. The highest BCUT2D eigenvalue weighted by Gasteiger charge is 2.02. The largest absolute Gasteiger partial charge is 0.341 e. The van der Waals surface area contributed by atoms with Crippen molar-refractivity contribution in [3.05, 3.63) is 66.2 Å². The maximum absolute atomic E-state index is 2.64. The first-order chi connectivity index (χ1) is 10.7. The molecule has 3 aromatic carbocycles. The molecular weight excluding hydrogens is 304 g/mol. The molecule has 0 bridgehead atoms. The van der Waals surface area contributed by atoms with E-state index in [4.69, 9.17) is 0 Å². The van der Waals surface area contributed by atoms with Gasteiger partial charge in [-0.3, -0.25) is 0 Å². The van der Waals surface area contributed by atoms with Crippen LogP contribution in [0, 0.1) is 0 Å². The van der Waals surface area contributed by atoms with Crippen molar-refractivity contribution in [2.75, 3.05) is 4.44 Å². The molecule has 22 heavy (non-hydrogen) atoms. The minimum atomic E-state index is 1.15. The van der Waals surface area contributed by atoms with E-state index in [-0.39, 0.29) is 0 Å². The van der Waals surface area contributed by atoms with E-state index in [9.17, 15) is 0 Å². The van der Waals surface area contributed by atoms with Gasteiger partial charge in [0.15, 0.2) is 0 Å². The number of aryl methyl sites for hydroxylation is 1. The van der Waals surface area contributed by atoms with Crippen molar-refractivity contribution in [3.8, 4) is 11.1 Å². The van der Waals surface area contributed by atoms with Crippen LogP contribution in [0.1, 0.15) is 18.9 Å². The average molecular weight is 325 g/mol. The summed E-state index contributed by atoms with van der Waals surface area (Å²) < 4.78 is 1.96. The summed E-state index contributed by atoms with van der Waals surface area (Å²) in [5.74, 6) is 0. The Morgan fingerprint density at radius 3 is 2.09 bits per heavy atom. The molecule has 1 nitrogen and oxygen atoms in total. The van der Waals surface area contributed by atoms with E-state index in [1.54, 1.807) is 0 Å². The van der Waals surface area contributed by atoms with Crippen LogP contribution in [0.5, 0.6) is 0 Å². The summed E-state index contributed by atoms with van der Waals surface area (Å²) in [5.41, 5.74) is 5.10. The molecule has 3 aromatic rings. The highest BCUT2D eigenvalue weighted by Crippen LogP contribution is 2.29. The Morgan fingerprint density at radius 2 is 1.41 bits per heavy atom. The second-order valence-corrected chi connectivity index (χ2v) is 7.31. The molecule has 0 fully saturated rings. The maximum atomic E-state index is 2.64. The van der Waals surface area contributed by atoms with Crippen LogP contribution >= 0.6 is 18.8 Å². The number of fused-ring (bicyclic) bond motifs is 1. The number of anilines is 1. The quantitative estimate of drug-likeness (QED) is 0.544. The molecule has 0 spiro atoms. The predicted octanol–water partition coefficient (Wildman–Crippen LogP) is 5.85. The monoisotopic (exact) mass is 325 g/mol. The van der Waals surface area contributed by atoms with Crippen LogP contribution in [0.3, 0.4) is 0 Å². The zero-order valence-electron chi connectivity index (χ0n) is 12.8. The minimum absolute atomic E-state index is 1.15. The zero-order valence-corrected chi connectivity index (χ0v) is 15.1. The van der Waals surface area contributed by atoms with Crippen molar-refractivity contribution in [1.82, 2.24) is 0 Å². The van der Waals surface area contributed by atoms with Crippen LogP contribution in [-0.2, 0) is 6.42 Å². The Hall–Kier alpha value is -1.42. The third kappa shape index (κ3) is 3.32. The molecule has 0 N–H and O–H groups in total. The number of benzene rings is 3. The van der Waals surface area contributed by atoms with Gasteiger partial charge in [0.25, 0.3) is 0 Å². The van der Waals surface area contributed by atoms with E-state index in [2.05, 4.69) is 86.4 Å². The van der Waals surface area contributed by atoms with Gasteiger partial charge in [-0.15, -0.1) is 0 Å². The van der Waals surface area contributed by atoms with Crippen LogP contribution in [0.4, 0.5) is 5.69 Å². The van der Waals surface area contributed by atoms with Gasteiger partial charge >= 0.3 is 0 Å². The molecule has 2 unspecified atom stereocenters. The van der Waals surface area contributed by atoms with Crippen LogP contribution in [0.15, 0.2) is 60.7 Å². The van der Waals surface area contributed by atoms with E-state index >= 15 is 0 Å². The maximum Gasteiger partial charge on any atom is 0.0423 e. The SMILES string of the molecule is CCCc1ccc2cc(-c3ccc(N(P)P)cc3)ccc2c1. The molecule has 0 saturated carbocycles. The van der Waals surface area contributed by atoms with Gasteiger partial charge in [0.2, 0.25) is 0 Å². The topological polar surface area (TPSA) is 3.24 Å². The minimum Gasteiger partial charge on any atom is -0.341 e. The van der Waals surface area contributed by atoms with Gasteiger partial charge in [0, 0.05) is 5.69 Å². The molecule has 0 amide bonds. The van der Waals surface area contributed by atoms with E-state index < -0.39 is 0 Å². The highest BCUT2D eigenvalue weighted by molar-refractivity contribution is 7.39. The van der Waals surface area contributed by atoms with Crippen LogP contribution < -0.4 is 4.44 Å². The lowest BCUT2D eigenvalue weighted by molar-refractivity contribution is 0.924. The molecule has 0 heterocycles. The molecular formula is C19H21NP2. The fraction of sp³-hybridized carbons (Fsp3) is 0.158. The standard InChI is InChI=1S/C19H21NP2/c1-2-3-14-4-5-18-13-17(7-6-16(18)12-14)15-8-10-19(11-9-15)20(21)22/h4-13H,2-3,21-22H2,1H3. The fourth-order valence-electron chi connectivity index (χ4n) is 2.74. The molecule has 2 atom stereocenters. The summed E-state index contributed by atoms with van der Waals surface area (Å²) in [6, 6.07) is 22.1. The Balaban J connectivity index is 1.96. The molecule has 112 valence electrons. The zero-order chi connectivity index (χ0) is 15.5. The Kier molecular flexibility index (Phi) is 4.77. The smallest absolute Gasteiger partial charge is 0.0423 e. The molecule has 0 aromatic heterocycles. The molecule has 0 aliphatic rings. The van der Waals surface area contributed by atoms with Crippen LogP contribution in [0.2, 0.25) is 0 Å². The van der Waals surface area contributed by atoms with Gasteiger partial charge in [0.05, 0.1) is 0 Å². The average Bonchev–Trinajstić information content (AvgIpc) is 2.55. The highest BCUT2D eigenvalue weighted by atomic mass is 31.1. The summed E-state index contributed by atoms with van der Waals surface area (Å²) in [6.45, 7) is 2.22. The van der Waals surface area contributed by atoms with Crippen molar-refractivity contribution >= 4 is 35.2 Å². The van der Waals surface area contributed by atoms with Gasteiger partial charge in [-0.1, -0.05) is 55.8 Å². The predicted molar refractivity (Wildman–Crippen MR) is 105 cm³/mol. The molecule has 0 aliphatic carbocycles. The van der Waals surface area contributed by atoms with E-state index in [0.717, 1.165) is 12.1 Å². The number of hydrogen-bond acceptors (Lipinski definition) is 1. The summed E-state index contributed by atoms with van der Waals surface area (Å²) in [4.78, 5) is 0. The first-order valence-corrected chi connectivity index (χ1v) is 8.63. The van der Waals surface area contributed by atoms with Gasteiger partial charge < -0.3 is 4.44 Å². The second-order valence-electron chi connectivity index (χ2n) is 5.60. The van der Waals surface area contributed by atoms with Gasteiger partial charge in [-0.2, -0.15) is 0 Å². The lowest BCUT2D eigenvalue weighted by atomic mass is 9.99. The summed E-state index contributed by atoms with van der Waals surface area (Å²) in [7, 11) is 5.29. The molecule has 0 aliphatic heterocycles. The van der Waals surface area contributed by atoms with Crippen molar-refractivity contribution in [2.24, 2.45) is 0 Å². The van der Waals surface area contributed by atoms with Gasteiger partial charge in [0.1, 0.15) is 0 Å². The van der Waals surface area contributed by atoms with Crippen molar-refractivity contribution in [1.29, 1.82) is 0 Å². The molecule has 3 rings (SSSR count). The lowest BCUT2D eigenvalue weighted by Crippen LogP contribution is -1.89. The van der Waals surface area contributed by atoms with E-state index in [0.29, 0.717) is 0 Å². The summed E-state index contributed by atoms with van der Waals surface area (Å²) >= 11 is 0. The third-order valence-electron chi connectivity index (χ3n) is 3.94. The lowest BCUT2D eigenvalue weighted by Gasteiger charge is -2.12. The van der Waals surface area contributed by atoms with Crippen molar-refractivity contribution < 1.29 is 0 Å². The number of rotatable bonds is 4. The van der Waals surface area contributed by atoms with Crippen LogP contribution in [0.25, 0.3) is 21.9 Å².